The Morgan fingerprint density at radius 3 is 1.58 bits per heavy atom. The van der Waals surface area contributed by atoms with E-state index in [-0.39, 0.29) is 5.70 Å². The highest BCUT2D eigenvalue weighted by molar-refractivity contribution is 5.84. The largest absolute Gasteiger partial charge is 0.480 e. The van der Waals surface area contributed by atoms with E-state index in [9.17, 15) is 9.59 Å². The van der Waals surface area contributed by atoms with E-state index >= 15 is 0 Å². The molecule has 12 heavy (non-hydrogen) atoms. The molecule has 1 unspecified atom stereocenters. The van der Waals surface area contributed by atoms with Gasteiger partial charge in [-0.3, -0.25) is 4.79 Å². The molecule has 0 saturated heterocycles. The molecule has 0 aliphatic carbocycles. The molecule has 0 rings (SSSR count). The predicted molar refractivity (Wildman–Crippen MR) is 42.2 cm³/mol. The molecule has 0 bridgehead atoms. The van der Waals surface area contributed by atoms with Crippen molar-refractivity contribution in [2.75, 3.05) is 0 Å². The zero-order valence-electron chi connectivity index (χ0n) is 6.65. The zero-order chi connectivity index (χ0) is 10.3. The summed E-state index contributed by atoms with van der Waals surface area (Å²) in [6, 6.07) is -0.731. The van der Waals surface area contributed by atoms with Gasteiger partial charge in [0.1, 0.15) is 11.7 Å². The van der Waals surface area contributed by atoms with E-state index in [2.05, 4.69) is 12.3 Å². The second-order valence-corrected chi connectivity index (χ2v) is 1.96. The summed E-state index contributed by atoms with van der Waals surface area (Å²) in [5, 5.41) is 15.6. The Bertz CT molecular complexity index is 176. The van der Waals surface area contributed by atoms with Crippen LogP contribution in [-0.2, 0) is 9.59 Å². The molecule has 0 radical (unpaired) electrons. The van der Waals surface area contributed by atoms with Gasteiger partial charge in [0.15, 0.2) is 0 Å². The number of nitrogens with two attached hydrogens (primary N) is 2. The summed E-state index contributed by atoms with van der Waals surface area (Å²) < 4.78 is 0. The molecule has 0 amide bonds. The van der Waals surface area contributed by atoms with Gasteiger partial charge in [0.25, 0.3) is 0 Å². The van der Waals surface area contributed by atoms with Crippen molar-refractivity contribution in [3.8, 4) is 0 Å². The number of carboxylic acids is 2. The summed E-state index contributed by atoms with van der Waals surface area (Å²) in [7, 11) is 0. The zero-order valence-corrected chi connectivity index (χ0v) is 6.65. The Hall–Kier alpha value is -1.56. The number of aliphatic carboxylic acids is 2. The summed E-state index contributed by atoms with van der Waals surface area (Å²) in [5.74, 6) is -2.12. The molecule has 0 aliphatic heterocycles. The van der Waals surface area contributed by atoms with Crippen molar-refractivity contribution in [2.45, 2.75) is 13.0 Å². The second kappa shape index (κ2) is 6.17. The van der Waals surface area contributed by atoms with E-state index in [1.165, 1.54) is 6.92 Å². The molecular formula is C6H12N2O4. The number of carbonyl (C=O) groups is 2. The van der Waals surface area contributed by atoms with Crippen LogP contribution in [0.25, 0.3) is 0 Å². The van der Waals surface area contributed by atoms with E-state index in [1.54, 1.807) is 0 Å². The first-order chi connectivity index (χ1) is 5.29. The minimum Gasteiger partial charge on any atom is -0.480 e. The summed E-state index contributed by atoms with van der Waals surface area (Å²) in [6.45, 7) is 4.35. The Morgan fingerprint density at radius 2 is 1.58 bits per heavy atom. The van der Waals surface area contributed by atoms with Crippen LogP contribution in [0.3, 0.4) is 0 Å². The Labute approximate surface area is 69.5 Å². The standard InChI is InChI=1S/C3H7NO2.C3H5NO2/c2*1-2(4)3(5)6/h2H,4H2,1H3,(H,5,6);1,4H2,(H,5,6). The van der Waals surface area contributed by atoms with E-state index in [4.69, 9.17) is 15.9 Å². The number of hydrogen-bond acceptors (Lipinski definition) is 4. The molecule has 0 aliphatic rings. The predicted octanol–water partition coefficient (Wildman–Crippen LogP) is -1.04. The molecule has 0 aromatic carbocycles. The average Bonchev–Trinajstić information content (AvgIpc) is 1.88. The minimum absolute atomic E-state index is 0.324. The average molecular weight is 176 g/mol. The van der Waals surface area contributed by atoms with Crippen molar-refractivity contribution in [3.63, 3.8) is 0 Å². The van der Waals surface area contributed by atoms with E-state index in [0.29, 0.717) is 0 Å². The fourth-order valence-corrected chi connectivity index (χ4v) is 0. The van der Waals surface area contributed by atoms with Gasteiger partial charge < -0.3 is 21.7 Å². The first-order valence-electron chi connectivity index (χ1n) is 2.95. The topological polar surface area (TPSA) is 127 Å². The van der Waals surface area contributed by atoms with Crippen LogP contribution in [0.2, 0.25) is 0 Å². The molecule has 1 atom stereocenters. The van der Waals surface area contributed by atoms with Crippen LogP contribution in [0, 0.1) is 0 Å². The molecule has 0 aromatic heterocycles. The molecule has 0 fully saturated rings. The fraction of sp³-hybridized carbons (Fsp3) is 0.333. The molecule has 0 heterocycles. The maximum Gasteiger partial charge on any atom is 0.351 e. The lowest BCUT2D eigenvalue weighted by molar-refractivity contribution is -0.138. The van der Waals surface area contributed by atoms with E-state index < -0.39 is 18.0 Å². The van der Waals surface area contributed by atoms with Gasteiger partial charge in [0.05, 0.1) is 0 Å². The number of carboxylic acid groups (broad SMARTS) is 2. The number of hydrogen-bond donors (Lipinski definition) is 4. The SMILES string of the molecule is C=C(N)C(=O)O.CC(N)C(=O)O. The number of rotatable bonds is 2. The summed E-state index contributed by atoms with van der Waals surface area (Å²) in [4.78, 5) is 19.0. The highest BCUT2D eigenvalue weighted by Gasteiger charge is 1.99. The molecule has 0 spiro atoms. The Morgan fingerprint density at radius 1 is 1.42 bits per heavy atom. The van der Waals surface area contributed by atoms with E-state index in [1.807, 2.05) is 0 Å². The quantitative estimate of drug-likeness (QED) is 0.398. The van der Waals surface area contributed by atoms with Crippen LogP contribution in [0.4, 0.5) is 0 Å². The normalized spacial score (nSPS) is 10.5. The van der Waals surface area contributed by atoms with Crippen LogP contribution in [0.1, 0.15) is 6.92 Å². The summed E-state index contributed by atoms with van der Waals surface area (Å²) in [5.41, 5.74) is 9.15. The monoisotopic (exact) mass is 176 g/mol. The minimum atomic E-state index is -1.16. The Kier molecular flexibility index (Phi) is 6.71. The maximum atomic E-state index is 9.57. The van der Waals surface area contributed by atoms with Crippen LogP contribution >= 0.6 is 0 Å². The molecular weight excluding hydrogens is 164 g/mol. The van der Waals surface area contributed by atoms with Crippen LogP contribution in [0.5, 0.6) is 0 Å². The lowest BCUT2D eigenvalue weighted by Gasteiger charge is -1.90. The van der Waals surface area contributed by atoms with Gasteiger partial charge in [-0.15, -0.1) is 0 Å². The highest BCUT2D eigenvalue weighted by atomic mass is 16.4. The van der Waals surface area contributed by atoms with Crippen LogP contribution in [0.15, 0.2) is 12.3 Å². The second-order valence-electron chi connectivity index (χ2n) is 1.96. The van der Waals surface area contributed by atoms with E-state index in [0.717, 1.165) is 0 Å². The van der Waals surface area contributed by atoms with Gasteiger partial charge in [0.2, 0.25) is 0 Å². The smallest absolute Gasteiger partial charge is 0.351 e. The van der Waals surface area contributed by atoms with Crippen LogP contribution < -0.4 is 11.5 Å². The van der Waals surface area contributed by atoms with Gasteiger partial charge >= 0.3 is 11.9 Å². The van der Waals surface area contributed by atoms with Crippen molar-refractivity contribution >= 4 is 11.9 Å². The molecule has 0 saturated carbocycles. The van der Waals surface area contributed by atoms with Gasteiger partial charge in [-0.2, -0.15) is 0 Å². The van der Waals surface area contributed by atoms with Crippen molar-refractivity contribution in [1.29, 1.82) is 0 Å². The van der Waals surface area contributed by atoms with Crippen molar-refractivity contribution in [2.24, 2.45) is 11.5 Å². The Balaban J connectivity index is 0. The van der Waals surface area contributed by atoms with Gasteiger partial charge in [-0.1, -0.05) is 6.58 Å². The lowest BCUT2D eigenvalue weighted by atomic mass is 10.4. The molecule has 6 heteroatoms. The van der Waals surface area contributed by atoms with Crippen molar-refractivity contribution in [3.05, 3.63) is 12.3 Å². The molecule has 6 nitrogen and oxygen atoms in total. The van der Waals surface area contributed by atoms with Gasteiger partial charge in [0, 0.05) is 0 Å². The first kappa shape index (κ1) is 13.1. The van der Waals surface area contributed by atoms with Crippen LogP contribution in [-0.4, -0.2) is 28.2 Å². The van der Waals surface area contributed by atoms with Gasteiger partial charge in [-0.25, -0.2) is 4.79 Å². The summed E-state index contributed by atoms with van der Waals surface area (Å²) in [6.07, 6.45) is 0. The first-order valence-corrected chi connectivity index (χ1v) is 2.95. The third-order valence-corrected chi connectivity index (χ3v) is 0.664. The summed E-state index contributed by atoms with van der Waals surface area (Å²) >= 11 is 0. The fourth-order valence-electron chi connectivity index (χ4n) is 0. The molecule has 0 aromatic rings. The van der Waals surface area contributed by atoms with Crippen molar-refractivity contribution in [1.82, 2.24) is 0 Å². The van der Waals surface area contributed by atoms with Gasteiger partial charge in [-0.05, 0) is 6.92 Å². The third-order valence-electron chi connectivity index (χ3n) is 0.664. The highest BCUT2D eigenvalue weighted by Crippen LogP contribution is 1.69. The molecule has 6 N–H and O–H groups in total. The maximum absolute atomic E-state index is 9.57. The third kappa shape index (κ3) is 11.3. The lowest BCUT2D eigenvalue weighted by Crippen LogP contribution is -2.25. The molecule has 70 valence electrons. The van der Waals surface area contributed by atoms with Crippen molar-refractivity contribution < 1.29 is 19.8 Å².